The maximum absolute atomic E-state index is 11.0. The van der Waals surface area contributed by atoms with Crippen LogP contribution in [0, 0.1) is 11.3 Å². The van der Waals surface area contributed by atoms with E-state index in [0.717, 1.165) is 24.9 Å². The van der Waals surface area contributed by atoms with Gasteiger partial charge in [-0.25, -0.2) is 0 Å². The van der Waals surface area contributed by atoms with Gasteiger partial charge in [0.25, 0.3) is 0 Å². The number of carboxylic acids is 1. The summed E-state index contributed by atoms with van der Waals surface area (Å²) in [5, 5.41) is 17.7. The number of carboxylic acid groups (broad SMARTS) is 1. The van der Waals surface area contributed by atoms with Gasteiger partial charge in [-0.15, -0.1) is 0 Å². The zero-order chi connectivity index (χ0) is 12.3. The van der Waals surface area contributed by atoms with Crippen LogP contribution in [0.1, 0.15) is 24.0 Å². The van der Waals surface area contributed by atoms with Crippen LogP contribution >= 0.6 is 0 Å². The lowest BCUT2D eigenvalue weighted by atomic mass is 10.1. The molecule has 0 radical (unpaired) electrons. The second kappa shape index (κ2) is 4.98. The summed E-state index contributed by atoms with van der Waals surface area (Å²) in [6.07, 6.45) is 1.67. The van der Waals surface area contributed by atoms with E-state index in [4.69, 9.17) is 10.4 Å². The summed E-state index contributed by atoms with van der Waals surface area (Å²) in [5.74, 6) is -0.740. The third-order valence-electron chi connectivity index (χ3n) is 3.12. The molecule has 4 heteroatoms. The molecule has 0 unspecified atom stereocenters. The van der Waals surface area contributed by atoms with Crippen molar-refractivity contribution in [3.63, 3.8) is 0 Å². The highest BCUT2D eigenvalue weighted by atomic mass is 16.4. The molecule has 2 rings (SSSR count). The lowest BCUT2D eigenvalue weighted by Gasteiger charge is -2.20. The molecule has 1 atom stereocenters. The first-order valence-corrected chi connectivity index (χ1v) is 5.66. The zero-order valence-corrected chi connectivity index (χ0v) is 9.47. The number of likely N-dealkylation sites (tertiary alicyclic amines) is 1. The van der Waals surface area contributed by atoms with E-state index < -0.39 is 5.97 Å². The van der Waals surface area contributed by atoms with Gasteiger partial charge < -0.3 is 5.11 Å². The number of nitriles is 1. The van der Waals surface area contributed by atoms with Crippen LogP contribution in [0.15, 0.2) is 24.3 Å². The van der Waals surface area contributed by atoms with Crippen LogP contribution in [0.2, 0.25) is 0 Å². The van der Waals surface area contributed by atoms with Crippen molar-refractivity contribution >= 4 is 5.97 Å². The van der Waals surface area contributed by atoms with E-state index in [2.05, 4.69) is 6.07 Å². The topological polar surface area (TPSA) is 64.3 Å². The van der Waals surface area contributed by atoms with E-state index in [0.29, 0.717) is 12.1 Å². The van der Waals surface area contributed by atoms with Crippen molar-refractivity contribution in [2.24, 2.45) is 0 Å². The first-order chi connectivity index (χ1) is 8.20. The predicted octanol–water partition coefficient (Wildman–Crippen LogP) is 1.61. The number of hydrogen-bond donors (Lipinski definition) is 1. The molecule has 1 aliphatic heterocycles. The van der Waals surface area contributed by atoms with Crippen LogP contribution in [-0.2, 0) is 11.3 Å². The van der Waals surface area contributed by atoms with Gasteiger partial charge in [-0.1, -0.05) is 12.1 Å². The minimum atomic E-state index is -0.740. The number of hydrogen-bond acceptors (Lipinski definition) is 3. The molecule has 88 valence electrons. The zero-order valence-electron chi connectivity index (χ0n) is 9.47. The molecule has 1 aliphatic rings. The van der Waals surface area contributed by atoms with Gasteiger partial charge in [-0.05, 0) is 37.1 Å². The fourth-order valence-corrected chi connectivity index (χ4v) is 2.21. The van der Waals surface area contributed by atoms with Crippen molar-refractivity contribution in [3.8, 4) is 6.07 Å². The van der Waals surface area contributed by atoms with Crippen molar-refractivity contribution < 1.29 is 9.90 Å². The molecule has 1 saturated heterocycles. The highest BCUT2D eigenvalue weighted by molar-refractivity contribution is 5.73. The Balaban J connectivity index is 2.05. The predicted molar refractivity (Wildman–Crippen MR) is 62.2 cm³/mol. The van der Waals surface area contributed by atoms with Crippen LogP contribution in [0.3, 0.4) is 0 Å². The first kappa shape index (κ1) is 11.6. The Morgan fingerprint density at radius 3 is 2.76 bits per heavy atom. The second-order valence-electron chi connectivity index (χ2n) is 4.28. The van der Waals surface area contributed by atoms with Crippen molar-refractivity contribution in [1.82, 2.24) is 4.90 Å². The van der Waals surface area contributed by atoms with E-state index in [1.54, 1.807) is 12.1 Å². The van der Waals surface area contributed by atoms with E-state index in [9.17, 15) is 4.79 Å². The third kappa shape index (κ3) is 2.63. The molecule has 0 aromatic heterocycles. The largest absolute Gasteiger partial charge is 0.480 e. The molecule has 17 heavy (non-hydrogen) atoms. The van der Waals surface area contributed by atoms with Gasteiger partial charge in [-0.3, -0.25) is 9.69 Å². The summed E-state index contributed by atoms with van der Waals surface area (Å²) >= 11 is 0. The van der Waals surface area contributed by atoms with E-state index in [-0.39, 0.29) is 6.04 Å². The summed E-state index contributed by atoms with van der Waals surface area (Å²) in [7, 11) is 0. The molecule has 1 N–H and O–H groups in total. The van der Waals surface area contributed by atoms with Crippen LogP contribution in [-0.4, -0.2) is 28.6 Å². The molecule has 0 spiro atoms. The van der Waals surface area contributed by atoms with E-state index in [1.807, 2.05) is 17.0 Å². The monoisotopic (exact) mass is 230 g/mol. The van der Waals surface area contributed by atoms with Gasteiger partial charge in [0.15, 0.2) is 0 Å². The van der Waals surface area contributed by atoms with Crippen LogP contribution < -0.4 is 0 Å². The lowest BCUT2D eigenvalue weighted by molar-refractivity contribution is -0.142. The van der Waals surface area contributed by atoms with Gasteiger partial charge in [0.05, 0.1) is 11.6 Å². The summed E-state index contributed by atoms with van der Waals surface area (Å²) in [6, 6.07) is 9.01. The minimum Gasteiger partial charge on any atom is -0.480 e. The van der Waals surface area contributed by atoms with Gasteiger partial charge >= 0.3 is 5.97 Å². The van der Waals surface area contributed by atoms with Crippen molar-refractivity contribution in [2.45, 2.75) is 25.4 Å². The number of rotatable bonds is 3. The summed E-state index contributed by atoms with van der Waals surface area (Å²) in [6.45, 7) is 1.47. The van der Waals surface area contributed by atoms with Gasteiger partial charge in [0, 0.05) is 6.54 Å². The Morgan fingerprint density at radius 1 is 1.47 bits per heavy atom. The Morgan fingerprint density at radius 2 is 2.18 bits per heavy atom. The normalized spacial score (nSPS) is 20.1. The Labute approximate surface area is 100 Å². The molecule has 0 saturated carbocycles. The Bertz CT molecular complexity index is 447. The molecule has 1 aromatic rings. The number of nitrogens with zero attached hydrogens (tertiary/aromatic N) is 2. The number of carbonyl (C=O) groups is 1. The summed E-state index contributed by atoms with van der Waals surface area (Å²) in [4.78, 5) is 13.0. The average molecular weight is 230 g/mol. The van der Waals surface area contributed by atoms with E-state index in [1.165, 1.54) is 0 Å². The Hall–Kier alpha value is -1.86. The minimum absolute atomic E-state index is 0.356. The molecule has 1 aromatic carbocycles. The maximum Gasteiger partial charge on any atom is 0.320 e. The first-order valence-electron chi connectivity index (χ1n) is 5.66. The number of benzene rings is 1. The Kier molecular flexibility index (Phi) is 3.40. The highest BCUT2D eigenvalue weighted by Crippen LogP contribution is 2.20. The van der Waals surface area contributed by atoms with Crippen molar-refractivity contribution in [3.05, 3.63) is 35.4 Å². The third-order valence-corrected chi connectivity index (χ3v) is 3.12. The fourth-order valence-electron chi connectivity index (χ4n) is 2.21. The molecular formula is C13H14N2O2. The van der Waals surface area contributed by atoms with Crippen LogP contribution in [0.5, 0.6) is 0 Å². The molecular weight excluding hydrogens is 216 g/mol. The summed E-state index contributed by atoms with van der Waals surface area (Å²) < 4.78 is 0. The number of aliphatic carboxylic acids is 1. The molecule has 1 heterocycles. The molecule has 0 bridgehead atoms. The standard InChI is InChI=1S/C13H14N2O2/c14-8-10-3-5-11(6-4-10)9-15-7-1-2-12(15)13(16)17/h3-6,12H,1-2,7,9H2,(H,16,17)/t12-/m0/s1. The van der Waals surface area contributed by atoms with E-state index >= 15 is 0 Å². The highest BCUT2D eigenvalue weighted by Gasteiger charge is 2.30. The fraction of sp³-hybridized carbons (Fsp3) is 0.385. The van der Waals surface area contributed by atoms with Gasteiger partial charge in [0.2, 0.25) is 0 Å². The average Bonchev–Trinajstić information content (AvgIpc) is 2.78. The lowest BCUT2D eigenvalue weighted by Crippen LogP contribution is -2.35. The molecule has 0 aliphatic carbocycles. The SMILES string of the molecule is N#Cc1ccc(CN2CCC[C@H]2C(=O)O)cc1. The van der Waals surface area contributed by atoms with Crippen LogP contribution in [0.4, 0.5) is 0 Å². The smallest absolute Gasteiger partial charge is 0.320 e. The van der Waals surface area contributed by atoms with Crippen molar-refractivity contribution in [1.29, 1.82) is 5.26 Å². The van der Waals surface area contributed by atoms with Gasteiger partial charge in [0.1, 0.15) is 6.04 Å². The summed E-state index contributed by atoms with van der Waals surface area (Å²) in [5.41, 5.74) is 1.68. The van der Waals surface area contributed by atoms with Crippen molar-refractivity contribution in [2.75, 3.05) is 6.54 Å². The van der Waals surface area contributed by atoms with Gasteiger partial charge in [-0.2, -0.15) is 5.26 Å². The van der Waals surface area contributed by atoms with Crippen LogP contribution in [0.25, 0.3) is 0 Å². The quantitative estimate of drug-likeness (QED) is 0.856. The maximum atomic E-state index is 11.0. The second-order valence-corrected chi connectivity index (χ2v) is 4.28. The molecule has 0 amide bonds. The molecule has 4 nitrogen and oxygen atoms in total. The molecule has 1 fully saturated rings.